The van der Waals surface area contributed by atoms with Crippen molar-refractivity contribution in [3.8, 4) is 11.4 Å². The third-order valence-corrected chi connectivity index (χ3v) is 4.85. The molecule has 4 heterocycles. The van der Waals surface area contributed by atoms with Gasteiger partial charge in [0.05, 0.1) is 11.4 Å². The minimum absolute atomic E-state index is 0. The molecule has 0 atom stereocenters. The Morgan fingerprint density at radius 1 is 1.17 bits per heavy atom. The lowest BCUT2D eigenvalue weighted by molar-refractivity contribution is 1.20. The first-order valence-electron chi connectivity index (χ1n) is 6.78. The lowest BCUT2D eigenvalue weighted by Gasteiger charge is -2.01. The van der Waals surface area contributed by atoms with Crippen molar-refractivity contribution in [1.29, 1.82) is 0 Å². The van der Waals surface area contributed by atoms with Crippen LogP contribution in [-0.2, 0) is 0 Å². The molecule has 0 saturated heterocycles. The molecule has 0 aliphatic rings. The van der Waals surface area contributed by atoms with Crippen LogP contribution in [0.1, 0.15) is 11.3 Å². The molecule has 4 rings (SSSR count). The summed E-state index contributed by atoms with van der Waals surface area (Å²) >= 11 is 3.20. The molecule has 118 valence electrons. The zero-order valence-corrected chi connectivity index (χ0v) is 15.8. The summed E-state index contributed by atoms with van der Waals surface area (Å²) in [5, 5.41) is 8.17. The number of halogens is 1. The second-order valence-electron chi connectivity index (χ2n) is 4.98. The predicted octanol–water partition coefficient (Wildman–Crippen LogP) is 4.85. The molecule has 8 heteroatoms. The van der Waals surface area contributed by atoms with E-state index in [-0.39, 0.29) is 17.0 Å². The molecule has 0 aromatic carbocycles. The average Bonchev–Trinajstić information content (AvgIpc) is 3.15. The fourth-order valence-corrected chi connectivity index (χ4v) is 3.82. The van der Waals surface area contributed by atoms with E-state index < -0.39 is 0 Å². The first kappa shape index (κ1) is 16.1. The van der Waals surface area contributed by atoms with Gasteiger partial charge in [0.2, 0.25) is 0 Å². The second kappa shape index (κ2) is 6.38. The number of pyridine rings is 1. The van der Waals surface area contributed by atoms with E-state index in [4.69, 9.17) is 0 Å². The van der Waals surface area contributed by atoms with Crippen molar-refractivity contribution in [2.75, 3.05) is 5.32 Å². The first-order chi connectivity index (χ1) is 10.7. The molecule has 23 heavy (non-hydrogen) atoms. The van der Waals surface area contributed by atoms with Gasteiger partial charge in [-0.15, -0.1) is 39.7 Å². The monoisotopic (exact) mass is 407 g/mol. The van der Waals surface area contributed by atoms with Crippen LogP contribution < -0.4 is 5.32 Å². The van der Waals surface area contributed by atoms with Crippen LogP contribution in [0, 0.1) is 13.8 Å². The molecular formula is C15H14BrN5S2. The van der Waals surface area contributed by atoms with Gasteiger partial charge in [-0.25, -0.2) is 15.0 Å². The Kier molecular flexibility index (Phi) is 4.47. The molecule has 5 nitrogen and oxygen atoms in total. The molecule has 0 bridgehead atoms. The molecule has 0 unspecified atom stereocenters. The highest BCUT2D eigenvalue weighted by atomic mass is 79.9. The highest BCUT2D eigenvalue weighted by molar-refractivity contribution is 8.93. The van der Waals surface area contributed by atoms with E-state index in [1.807, 2.05) is 42.9 Å². The molecule has 0 radical (unpaired) electrons. The van der Waals surface area contributed by atoms with Crippen LogP contribution >= 0.6 is 39.7 Å². The van der Waals surface area contributed by atoms with Gasteiger partial charge >= 0.3 is 0 Å². The standard InChI is InChI=1S/C15H13N5S2.BrH/c1-9-3-4-16-12(7-9)19-14-18-11(8-22-14)13-10(2)17-15-20(13)5-6-21-15;/h3-8H,1-2H3,(H,16,18,19);1H. The van der Waals surface area contributed by atoms with Crippen LogP contribution in [0.15, 0.2) is 35.3 Å². The normalized spacial score (nSPS) is 10.7. The number of nitrogens with one attached hydrogen (secondary N) is 1. The fourth-order valence-electron chi connectivity index (χ4n) is 2.36. The van der Waals surface area contributed by atoms with Crippen molar-refractivity contribution < 1.29 is 0 Å². The Morgan fingerprint density at radius 2 is 2.04 bits per heavy atom. The minimum Gasteiger partial charge on any atom is -0.316 e. The van der Waals surface area contributed by atoms with Gasteiger partial charge in [-0.2, -0.15) is 0 Å². The van der Waals surface area contributed by atoms with E-state index in [0.29, 0.717) is 0 Å². The highest BCUT2D eigenvalue weighted by Gasteiger charge is 2.15. The molecular weight excluding hydrogens is 394 g/mol. The van der Waals surface area contributed by atoms with Crippen molar-refractivity contribution in [2.24, 2.45) is 0 Å². The largest absolute Gasteiger partial charge is 0.316 e. The highest BCUT2D eigenvalue weighted by Crippen LogP contribution is 2.30. The third kappa shape index (κ3) is 3.01. The van der Waals surface area contributed by atoms with Crippen LogP contribution in [-0.4, -0.2) is 19.4 Å². The van der Waals surface area contributed by atoms with E-state index >= 15 is 0 Å². The van der Waals surface area contributed by atoms with E-state index in [0.717, 1.165) is 33.0 Å². The summed E-state index contributed by atoms with van der Waals surface area (Å²) < 4.78 is 2.09. The number of imidazole rings is 1. The Balaban J connectivity index is 0.00000156. The topological polar surface area (TPSA) is 55.1 Å². The molecule has 0 saturated carbocycles. The fraction of sp³-hybridized carbons (Fsp3) is 0.133. The minimum atomic E-state index is 0. The van der Waals surface area contributed by atoms with Gasteiger partial charge in [-0.3, -0.25) is 4.40 Å². The molecule has 1 N–H and O–H groups in total. The van der Waals surface area contributed by atoms with Crippen molar-refractivity contribution in [1.82, 2.24) is 19.4 Å². The van der Waals surface area contributed by atoms with Crippen LogP contribution in [0.5, 0.6) is 0 Å². The third-order valence-electron chi connectivity index (χ3n) is 3.33. The molecule has 0 fully saturated rings. The van der Waals surface area contributed by atoms with E-state index in [1.54, 1.807) is 28.9 Å². The van der Waals surface area contributed by atoms with Crippen LogP contribution in [0.3, 0.4) is 0 Å². The van der Waals surface area contributed by atoms with E-state index in [9.17, 15) is 0 Å². The van der Waals surface area contributed by atoms with Crippen LogP contribution in [0.4, 0.5) is 10.9 Å². The lowest BCUT2D eigenvalue weighted by atomic mass is 10.3. The van der Waals surface area contributed by atoms with Crippen molar-refractivity contribution in [3.63, 3.8) is 0 Å². The molecule has 0 spiro atoms. The summed E-state index contributed by atoms with van der Waals surface area (Å²) in [5.41, 5.74) is 4.15. The van der Waals surface area contributed by atoms with Crippen molar-refractivity contribution in [2.45, 2.75) is 13.8 Å². The SMILES string of the molecule is Br.Cc1ccnc(Nc2nc(-c3c(C)nc4sccn34)cs2)c1. The zero-order chi connectivity index (χ0) is 15.1. The Bertz CT molecular complexity index is 956. The second-order valence-corrected chi connectivity index (χ2v) is 6.71. The molecule has 0 aliphatic heterocycles. The van der Waals surface area contributed by atoms with Gasteiger partial charge in [0.15, 0.2) is 10.1 Å². The first-order valence-corrected chi connectivity index (χ1v) is 8.54. The number of rotatable bonds is 3. The average molecular weight is 408 g/mol. The molecule has 0 aliphatic carbocycles. The lowest BCUT2D eigenvalue weighted by Crippen LogP contribution is -1.93. The maximum atomic E-state index is 4.68. The number of aromatic nitrogens is 4. The maximum absolute atomic E-state index is 4.68. The summed E-state index contributed by atoms with van der Waals surface area (Å²) in [7, 11) is 0. The van der Waals surface area contributed by atoms with Gasteiger partial charge in [0, 0.05) is 23.2 Å². The zero-order valence-electron chi connectivity index (χ0n) is 12.5. The number of thiazole rings is 2. The molecule has 4 aromatic rings. The number of hydrogen-bond donors (Lipinski definition) is 1. The predicted molar refractivity (Wildman–Crippen MR) is 101 cm³/mol. The van der Waals surface area contributed by atoms with Gasteiger partial charge in [-0.05, 0) is 31.5 Å². The Hall–Kier alpha value is -1.77. The quantitative estimate of drug-likeness (QED) is 0.527. The van der Waals surface area contributed by atoms with Gasteiger partial charge in [0.25, 0.3) is 0 Å². The summed E-state index contributed by atoms with van der Waals surface area (Å²) in [6, 6.07) is 3.98. The van der Waals surface area contributed by atoms with Crippen LogP contribution in [0.25, 0.3) is 16.3 Å². The number of anilines is 2. The summed E-state index contributed by atoms with van der Waals surface area (Å²) in [5.74, 6) is 0.812. The van der Waals surface area contributed by atoms with Gasteiger partial charge in [0.1, 0.15) is 11.5 Å². The van der Waals surface area contributed by atoms with E-state index in [2.05, 4.69) is 24.7 Å². The van der Waals surface area contributed by atoms with Gasteiger partial charge < -0.3 is 5.32 Å². The molecule has 0 amide bonds. The Labute approximate surface area is 151 Å². The maximum Gasteiger partial charge on any atom is 0.194 e. The molecule has 4 aromatic heterocycles. The smallest absolute Gasteiger partial charge is 0.194 e. The number of nitrogens with zero attached hydrogens (tertiary/aromatic N) is 4. The number of fused-ring (bicyclic) bond motifs is 1. The van der Waals surface area contributed by atoms with Gasteiger partial charge in [-0.1, -0.05) is 0 Å². The summed E-state index contributed by atoms with van der Waals surface area (Å²) in [6.07, 6.45) is 3.83. The Morgan fingerprint density at radius 3 is 2.87 bits per heavy atom. The number of hydrogen-bond acceptors (Lipinski definition) is 6. The van der Waals surface area contributed by atoms with E-state index in [1.165, 1.54) is 5.56 Å². The summed E-state index contributed by atoms with van der Waals surface area (Å²) in [4.78, 5) is 14.5. The van der Waals surface area contributed by atoms with Crippen molar-refractivity contribution >= 4 is 55.6 Å². The van der Waals surface area contributed by atoms with Crippen LogP contribution in [0.2, 0.25) is 0 Å². The van der Waals surface area contributed by atoms with Crippen molar-refractivity contribution in [3.05, 3.63) is 46.5 Å². The summed E-state index contributed by atoms with van der Waals surface area (Å²) in [6.45, 7) is 4.06. The number of aryl methyl sites for hydroxylation is 2.